The number of hydrogen-bond donors (Lipinski definition) is 0. The van der Waals surface area contributed by atoms with Gasteiger partial charge in [-0.3, -0.25) is 0 Å². The Balaban J connectivity index is 2.44. The van der Waals surface area contributed by atoms with Crippen LogP contribution in [0.2, 0.25) is 10.0 Å². The lowest BCUT2D eigenvalue weighted by Crippen LogP contribution is -2.06. The number of methoxy groups -OCH3 is 1. The predicted molar refractivity (Wildman–Crippen MR) is 85.6 cm³/mol. The predicted octanol–water partition coefficient (Wildman–Crippen LogP) is 3.82. The molecule has 0 aliphatic rings. The Labute approximate surface area is 137 Å². The van der Waals surface area contributed by atoms with Crippen LogP contribution in [0, 0.1) is 0 Å². The van der Waals surface area contributed by atoms with E-state index >= 15 is 0 Å². The van der Waals surface area contributed by atoms with Crippen LogP contribution in [0.25, 0.3) is 11.3 Å². The molecule has 22 heavy (non-hydrogen) atoms. The van der Waals surface area contributed by atoms with E-state index in [0.29, 0.717) is 16.3 Å². The standard InChI is InChI=1S/C15H12Cl2N2O3/c1-21-15(20)14-11(16)5-6-13(19-14)10-4-3-9(7-12(10)17)8-18-22-2/h3-8H,1-2H3. The average molecular weight is 339 g/mol. The molecule has 0 saturated carbocycles. The van der Waals surface area contributed by atoms with Gasteiger partial charge in [-0.05, 0) is 23.8 Å². The third-order valence-electron chi connectivity index (χ3n) is 2.80. The van der Waals surface area contributed by atoms with Crippen LogP contribution >= 0.6 is 23.2 Å². The Kier molecular flexibility index (Phi) is 5.35. The number of hydrogen-bond acceptors (Lipinski definition) is 5. The first-order valence-electron chi connectivity index (χ1n) is 6.18. The summed E-state index contributed by atoms with van der Waals surface area (Å²) in [5, 5.41) is 4.35. The molecule has 0 aliphatic carbocycles. The highest BCUT2D eigenvalue weighted by Crippen LogP contribution is 2.29. The third kappa shape index (κ3) is 3.55. The number of oxime groups is 1. The minimum absolute atomic E-state index is 0.0442. The fraction of sp³-hybridized carbons (Fsp3) is 0.133. The zero-order valence-corrected chi connectivity index (χ0v) is 13.4. The van der Waals surface area contributed by atoms with E-state index in [9.17, 15) is 4.79 Å². The lowest BCUT2D eigenvalue weighted by molar-refractivity contribution is 0.0594. The molecule has 0 bridgehead atoms. The number of carbonyl (C=O) groups excluding carboxylic acids is 1. The number of carbonyl (C=O) groups is 1. The van der Waals surface area contributed by atoms with Gasteiger partial charge in [0.05, 0.1) is 29.1 Å². The Morgan fingerprint density at radius 2 is 1.95 bits per heavy atom. The fourth-order valence-electron chi connectivity index (χ4n) is 1.76. The van der Waals surface area contributed by atoms with Crippen molar-refractivity contribution in [3.05, 3.63) is 51.6 Å². The molecule has 1 aromatic carbocycles. The van der Waals surface area contributed by atoms with Gasteiger partial charge in [-0.2, -0.15) is 0 Å². The largest absolute Gasteiger partial charge is 0.464 e. The molecule has 2 aromatic rings. The molecule has 114 valence electrons. The SMILES string of the molecule is CON=Cc1ccc(-c2ccc(Cl)c(C(=O)OC)n2)c(Cl)c1. The van der Waals surface area contributed by atoms with E-state index in [4.69, 9.17) is 23.2 Å². The summed E-state index contributed by atoms with van der Waals surface area (Å²) in [5.41, 5.74) is 2.00. The van der Waals surface area contributed by atoms with Crippen molar-refractivity contribution in [1.29, 1.82) is 0 Å². The van der Waals surface area contributed by atoms with Crippen molar-refractivity contribution in [3.63, 3.8) is 0 Å². The lowest BCUT2D eigenvalue weighted by Gasteiger charge is -2.07. The molecule has 0 saturated heterocycles. The van der Waals surface area contributed by atoms with Crippen molar-refractivity contribution in [2.24, 2.45) is 5.16 Å². The number of ether oxygens (including phenoxy) is 1. The number of halogens is 2. The molecule has 0 unspecified atom stereocenters. The van der Waals surface area contributed by atoms with Crippen molar-refractivity contribution >= 4 is 35.4 Å². The molecule has 0 atom stereocenters. The van der Waals surface area contributed by atoms with E-state index in [1.807, 2.05) is 0 Å². The molecule has 1 heterocycles. The van der Waals surface area contributed by atoms with Gasteiger partial charge in [-0.1, -0.05) is 40.5 Å². The Morgan fingerprint density at radius 1 is 1.18 bits per heavy atom. The van der Waals surface area contributed by atoms with Crippen molar-refractivity contribution in [2.45, 2.75) is 0 Å². The van der Waals surface area contributed by atoms with Crippen LogP contribution in [-0.2, 0) is 9.57 Å². The van der Waals surface area contributed by atoms with Gasteiger partial charge in [0.1, 0.15) is 7.11 Å². The monoisotopic (exact) mass is 338 g/mol. The van der Waals surface area contributed by atoms with E-state index in [1.165, 1.54) is 20.4 Å². The molecule has 0 amide bonds. The first-order valence-corrected chi connectivity index (χ1v) is 6.93. The van der Waals surface area contributed by atoms with Gasteiger partial charge in [0.15, 0.2) is 5.69 Å². The molecule has 5 nitrogen and oxygen atoms in total. The maximum atomic E-state index is 11.6. The molecule has 0 spiro atoms. The van der Waals surface area contributed by atoms with Gasteiger partial charge >= 0.3 is 5.97 Å². The van der Waals surface area contributed by atoms with Gasteiger partial charge in [-0.25, -0.2) is 9.78 Å². The van der Waals surface area contributed by atoms with E-state index in [1.54, 1.807) is 30.3 Å². The smallest absolute Gasteiger partial charge is 0.358 e. The van der Waals surface area contributed by atoms with Gasteiger partial charge in [0, 0.05) is 5.56 Å². The molecule has 0 N–H and O–H groups in total. The average Bonchev–Trinajstić information content (AvgIpc) is 2.53. The molecule has 0 aliphatic heterocycles. The maximum absolute atomic E-state index is 11.6. The van der Waals surface area contributed by atoms with Crippen LogP contribution in [0.4, 0.5) is 0 Å². The Bertz CT molecular complexity index is 733. The first-order chi connectivity index (χ1) is 10.6. The minimum atomic E-state index is -0.605. The molecule has 2 rings (SSSR count). The number of aromatic nitrogens is 1. The molecular weight excluding hydrogens is 327 g/mol. The summed E-state index contributed by atoms with van der Waals surface area (Å²) in [6.45, 7) is 0. The lowest BCUT2D eigenvalue weighted by atomic mass is 10.1. The number of rotatable bonds is 4. The Morgan fingerprint density at radius 3 is 2.59 bits per heavy atom. The van der Waals surface area contributed by atoms with Crippen LogP contribution in [0.1, 0.15) is 16.1 Å². The normalized spacial score (nSPS) is 10.7. The zero-order valence-electron chi connectivity index (χ0n) is 11.8. The molecule has 1 aromatic heterocycles. The van der Waals surface area contributed by atoms with Gasteiger partial charge in [0.25, 0.3) is 0 Å². The topological polar surface area (TPSA) is 60.8 Å². The van der Waals surface area contributed by atoms with Gasteiger partial charge in [0.2, 0.25) is 0 Å². The summed E-state index contributed by atoms with van der Waals surface area (Å²) in [6, 6.07) is 8.55. The highest BCUT2D eigenvalue weighted by atomic mass is 35.5. The van der Waals surface area contributed by atoms with E-state index in [-0.39, 0.29) is 10.7 Å². The van der Waals surface area contributed by atoms with Gasteiger partial charge in [-0.15, -0.1) is 0 Å². The van der Waals surface area contributed by atoms with Crippen LogP contribution in [0.3, 0.4) is 0 Å². The summed E-state index contributed by atoms with van der Waals surface area (Å²) >= 11 is 12.2. The summed E-state index contributed by atoms with van der Waals surface area (Å²) in [6.07, 6.45) is 1.53. The quantitative estimate of drug-likeness (QED) is 0.483. The molecule has 0 radical (unpaired) electrons. The van der Waals surface area contributed by atoms with E-state index in [2.05, 4.69) is 19.7 Å². The highest BCUT2D eigenvalue weighted by Gasteiger charge is 2.15. The van der Waals surface area contributed by atoms with Crippen molar-refractivity contribution in [3.8, 4) is 11.3 Å². The molecule has 0 fully saturated rings. The summed E-state index contributed by atoms with van der Waals surface area (Å²) in [7, 11) is 2.72. The maximum Gasteiger partial charge on any atom is 0.358 e. The van der Waals surface area contributed by atoms with Crippen molar-refractivity contribution < 1.29 is 14.4 Å². The van der Waals surface area contributed by atoms with Crippen LogP contribution in [-0.4, -0.2) is 31.4 Å². The third-order valence-corrected chi connectivity index (χ3v) is 3.42. The minimum Gasteiger partial charge on any atom is -0.464 e. The Hall–Kier alpha value is -2.11. The summed E-state index contributed by atoms with van der Waals surface area (Å²) in [5.74, 6) is -0.605. The van der Waals surface area contributed by atoms with E-state index in [0.717, 1.165) is 5.56 Å². The van der Waals surface area contributed by atoms with Crippen molar-refractivity contribution in [2.75, 3.05) is 14.2 Å². The van der Waals surface area contributed by atoms with Crippen LogP contribution in [0.15, 0.2) is 35.5 Å². The fourth-order valence-corrected chi connectivity index (χ4v) is 2.23. The van der Waals surface area contributed by atoms with Crippen LogP contribution in [0.5, 0.6) is 0 Å². The second-order valence-electron chi connectivity index (χ2n) is 4.17. The summed E-state index contributed by atoms with van der Waals surface area (Å²) < 4.78 is 4.65. The second-order valence-corrected chi connectivity index (χ2v) is 4.99. The summed E-state index contributed by atoms with van der Waals surface area (Å²) in [4.78, 5) is 20.5. The van der Waals surface area contributed by atoms with Crippen LogP contribution < -0.4 is 0 Å². The highest BCUT2D eigenvalue weighted by molar-refractivity contribution is 6.34. The molecule has 7 heteroatoms. The number of nitrogens with zero attached hydrogens (tertiary/aromatic N) is 2. The van der Waals surface area contributed by atoms with Gasteiger partial charge < -0.3 is 9.57 Å². The first kappa shape index (κ1) is 16.3. The van der Waals surface area contributed by atoms with E-state index < -0.39 is 5.97 Å². The number of pyridine rings is 1. The van der Waals surface area contributed by atoms with Crippen molar-refractivity contribution in [1.82, 2.24) is 4.98 Å². The second kappa shape index (κ2) is 7.24. The number of benzene rings is 1. The molecular formula is C15H12Cl2N2O3. The zero-order chi connectivity index (χ0) is 16.1. The number of esters is 1.